The first-order valence-corrected chi connectivity index (χ1v) is 7.53. The topological polar surface area (TPSA) is 52.6 Å². The molecule has 0 spiro atoms. The monoisotopic (exact) mass is 270 g/mol. The zero-order chi connectivity index (χ0) is 14.6. The zero-order valence-corrected chi connectivity index (χ0v) is 13.1. The molecule has 0 amide bonds. The van der Waals surface area contributed by atoms with E-state index in [1.807, 2.05) is 13.8 Å². The van der Waals surface area contributed by atoms with Gasteiger partial charge in [0.1, 0.15) is 5.54 Å². The van der Waals surface area contributed by atoms with Crippen molar-refractivity contribution in [2.45, 2.75) is 84.0 Å². The van der Waals surface area contributed by atoms with Crippen LogP contribution in [0.1, 0.15) is 60.3 Å². The van der Waals surface area contributed by atoms with Gasteiger partial charge < -0.3 is 5.11 Å². The average Bonchev–Trinajstić information content (AvgIpc) is 2.27. The third-order valence-corrected chi connectivity index (χ3v) is 4.33. The van der Waals surface area contributed by atoms with Crippen LogP contribution in [0.3, 0.4) is 0 Å². The van der Waals surface area contributed by atoms with Gasteiger partial charge in [-0.1, -0.05) is 6.42 Å². The summed E-state index contributed by atoms with van der Waals surface area (Å²) in [7, 11) is 0. The van der Waals surface area contributed by atoms with Crippen LogP contribution in [0.4, 0.5) is 0 Å². The standard InChI is InChI=1S/C15H30N2O2/c1-11(2)16-15(5,14(18)19)9-10-17-12(3)7-6-8-13(17)4/h11-13,16H,6-10H2,1-5H3,(H,18,19). The number of carboxylic acids is 1. The average molecular weight is 270 g/mol. The Labute approximate surface area is 117 Å². The number of rotatable bonds is 6. The minimum atomic E-state index is -0.828. The van der Waals surface area contributed by atoms with Crippen molar-refractivity contribution in [3.8, 4) is 0 Å². The second kappa shape index (κ2) is 6.71. The number of nitrogens with one attached hydrogen (secondary N) is 1. The van der Waals surface area contributed by atoms with E-state index in [4.69, 9.17) is 0 Å². The largest absolute Gasteiger partial charge is 0.480 e. The lowest BCUT2D eigenvalue weighted by molar-refractivity contribution is -0.145. The van der Waals surface area contributed by atoms with Crippen molar-refractivity contribution >= 4 is 5.97 Å². The molecule has 3 atom stereocenters. The van der Waals surface area contributed by atoms with Crippen LogP contribution in [0, 0.1) is 0 Å². The summed E-state index contributed by atoms with van der Waals surface area (Å²) in [6.45, 7) is 11.1. The summed E-state index contributed by atoms with van der Waals surface area (Å²) in [4.78, 5) is 14.0. The van der Waals surface area contributed by atoms with Crippen molar-refractivity contribution in [1.82, 2.24) is 10.2 Å². The van der Waals surface area contributed by atoms with Gasteiger partial charge in [-0.25, -0.2) is 0 Å². The summed E-state index contributed by atoms with van der Waals surface area (Å²) in [6, 6.07) is 1.32. The van der Waals surface area contributed by atoms with Gasteiger partial charge in [0.2, 0.25) is 0 Å². The van der Waals surface area contributed by atoms with Crippen molar-refractivity contribution in [2.75, 3.05) is 6.54 Å². The van der Waals surface area contributed by atoms with E-state index in [2.05, 4.69) is 24.1 Å². The van der Waals surface area contributed by atoms with Crippen LogP contribution in [0.5, 0.6) is 0 Å². The Balaban J connectivity index is 2.62. The molecule has 1 rings (SSSR count). The Morgan fingerprint density at radius 2 is 1.89 bits per heavy atom. The van der Waals surface area contributed by atoms with Crippen molar-refractivity contribution in [2.24, 2.45) is 0 Å². The maximum Gasteiger partial charge on any atom is 0.323 e. The van der Waals surface area contributed by atoms with Crippen molar-refractivity contribution in [1.29, 1.82) is 0 Å². The summed E-state index contributed by atoms with van der Waals surface area (Å²) in [5.41, 5.74) is -0.828. The predicted octanol–water partition coefficient (Wildman–Crippen LogP) is 2.48. The smallest absolute Gasteiger partial charge is 0.323 e. The second-order valence-electron chi connectivity index (χ2n) is 6.55. The SMILES string of the molecule is CC(C)NC(C)(CCN1C(C)CCCC1C)C(=O)O. The molecule has 4 heteroatoms. The predicted molar refractivity (Wildman–Crippen MR) is 78.4 cm³/mol. The fraction of sp³-hybridized carbons (Fsp3) is 0.933. The lowest BCUT2D eigenvalue weighted by Gasteiger charge is -2.41. The highest BCUT2D eigenvalue weighted by Gasteiger charge is 2.35. The number of carboxylic acid groups (broad SMARTS) is 1. The number of aliphatic carboxylic acids is 1. The van der Waals surface area contributed by atoms with E-state index in [1.54, 1.807) is 6.92 Å². The highest BCUT2D eigenvalue weighted by molar-refractivity contribution is 5.78. The Morgan fingerprint density at radius 1 is 1.37 bits per heavy atom. The van der Waals surface area contributed by atoms with Crippen LogP contribution < -0.4 is 5.32 Å². The quantitative estimate of drug-likeness (QED) is 0.778. The molecular formula is C15H30N2O2. The minimum absolute atomic E-state index is 0.178. The molecule has 0 bridgehead atoms. The van der Waals surface area contributed by atoms with E-state index in [0.717, 1.165) is 6.54 Å². The highest BCUT2D eigenvalue weighted by Crippen LogP contribution is 2.24. The van der Waals surface area contributed by atoms with Gasteiger partial charge >= 0.3 is 5.97 Å². The summed E-state index contributed by atoms with van der Waals surface area (Å²) >= 11 is 0. The van der Waals surface area contributed by atoms with Crippen LogP contribution in [0.25, 0.3) is 0 Å². The van der Waals surface area contributed by atoms with Gasteiger partial charge in [-0.15, -0.1) is 0 Å². The first kappa shape index (κ1) is 16.4. The summed E-state index contributed by atoms with van der Waals surface area (Å²) < 4.78 is 0. The molecule has 4 nitrogen and oxygen atoms in total. The number of piperidine rings is 1. The molecule has 1 saturated heterocycles. The van der Waals surface area contributed by atoms with Gasteiger partial charge in [0.05, 0.1) is 0 Å². The molecule has 0 aromatic rings. The van der Waals surface area contributed by atoms with E-state index >= 15 is 0 Å². The maximum absolute atomic E-state index is 11.5. The molecule has 0 radical (unpaired) electrons. The Kier molecular flexibility index (Phi) is 5.81. The Bertz CT molecular complexity index is 297. The highest BCUT2D eigenvalue weighted by atomic mass is 16.4. The molecule has 0 aliphatic carbocycles. The Morgan fingerprint density at radius 3 is 2.32 bits per heavy atom. The lowest BCUT2D eigenvalue weighted by atomic mass is 9.93. The molecule has 2 N–H and O–H groups in total. The normalized spacial score (nSPS) is 28.3. The molecule has 0 aromatic carbocycles. The van der Waals surface area contributed by atoms with E-state index < -0.39 is 11.5 Å². The maximum atomic E-state index is 11.5. The van der Waals surface area contributed by atoms with Crippen molar-refractivity contribution < 1.29 is 9.90 Å². The van der Waals surface area contributed by atoms with Crippen LogP contribution in [0.2, 0.25) is 0 Å². The van der Waals surface area contributed by atoms with E-state index in [1.165, 1.54) is 19.3 Å². The number of carbonyl (C=O) groups is 1. The molecule has 3 unspecified atom stereocenters. The molecule has 1 fully saturated rings. The molecule has 1 heterocycles. The van der Waals surface area contributed by atoms with Gasteiger partial charge in [0.25, 0.3) is 0 Å². The summed E-state index contributed by atoms with van der Waals surface area (Å²) in [5.74, 6) is -0.751. The van der Waals surface area contributed by atoms with Gasteiger partial charge in [-0.3, -0.25) is 15.0 Å². The molecule has 112 valence electrons. The summed E-state index contributed by atoms with van der Waals surface area (Å²) in [6.07, 6.45) is 4.39. The molecular weight excluding hydrogens is 240 g/mol. The number of hydrogen-bond donors (Lipinski definition) is 2. The van der Waals surface area contributed by atoms with Crippen LogP contribution in [-0.2, 0) is 4.79 Å². The zero-order valence-electron chi connectivity index (χ0n) is 13.1. The third kappa shape index (κ3) is 4.46. The molecule has 1 aliphatic heterocycles. The lowest BCUT2D eigenvalue weighted by Crippen LogP contribution is -2.55. The number of likely N-dealkylation sites (tertiary alicyclic amines) is 1. The van der Waals surface area contributed by atoms with Crippen molar-refractivity contribution in [3.05, 3.63) is 0 Å². The first-order chi connectivity index (χ1) is 8.76. The van der Waals surface area contributed by atoms with Gasteiger partial charge in [0.15, 0.2) is 0 Å². The fourth-order valence-corrected chi connectivity index (χ4v) is 3.15. The van der Waals surface area contributed by atoms with E-state index in [-0.39, 0.29) is 6.04 Å². The number of hydrogen-bond acceptors (Lipinski definition) is 3. The molecule has 0 aromatic heterocycles. The molecule has 0 saturated carbocycles. The summed E-state index contributed by atoms with van der Waals surface area (Å²) in [5, 5.41) is 12.7. The van der Waals surface area contributed by atoms with E-state index in [0.29, 0.717) is 18.5 Å². The van der Waals surface area contributed by atoms with Crippen LogP contribution in [0.15, 0.2) is 0 Å². The Hall–Kier alpha value is -0.610. The van der Waals surface area contributed by atoms with Crippen LogP contribution >= 0.6 is 0 Å². The first-order valence-electron chi connectivity index (χ1n) is 7.53. The second-order valence-corrected chi connectivity index (χ2v) is 6.55. The van der Waals surface area contributed by atoms with E-state index in [9.17, 15) is 9.90 Å². The van der Waals surface area contributed by atoms with Gasteiger partial charge in [0, 0.05) is 24.7 Å². The molecule has 19 heavy (non-hydrogen) atoms. The van der Waals surface area contributed by atoms with Gasteiger partial charge in [-0.2, -0.15) is 0 Å². The molecule has 1 aliphatic rings. The van der Waals surface area contributed by atoms with Gasteiger partial charge in [-0.05, 0) is 53.9 Å². The minimum Gasteiger partial charge on any atom is -0.480 e. The fourth-order valence-electron chi connectivity index (χ4n) is 3.15. The van der Waals surface area contributed by atoms with Crippen molar-refractivity contribution in [3.63, 3.8) is 0 Å². The van der Waals surface area contributed by atoms with Crippen LogP contribution in [-0.4, -0.2) is 46.2 Å². The number of nitrogens with zero attached hydrogens (tertiary/aromatic N) is 1. The third-order valence-electron chi connectivity index (χ3n) is 4.33.